The van der Waals surface area contributed by atoms with Crippen molar-refractivity contribution in [1.29, 1.82) is 0 Å². The molecule has 0 aliphatic carbocycles. The Kier molecular flexibility index (Phi) is 2.12. The zero-order valence-electron chi connectivity index (χ0n) is 5.89. The quantitative estimate of drug-likeness (QED) is 0.624. The Balaban J connectivity index is 3.07. The molecule has 0 N–H and O–H groups in total. The molecule has 1 aromatic heterocycles. The third-order valence-corrected chi connectivity index (χ3v) is 1.43. The Bertz CT molecular complexity index is 237. The van der Waals surface area contributed by atoms with Gasteiger partial charge in [0, 0.05) is 5.69 Å². The Morgan fingerprint density at radius 2 is 2.10 bits per heavy atom. The Labute approximate surface area is 65.0 Å². The maximum absolute atomic E-state index is 5.14. The van der Waals surface area contributed by atoms with E-state index in [9.17, 15) is 0 Å². The van der Waals surface area contributed by atoms with Crippen LogP contribution in [-0.2, 0) is 0 Å². The molecule has 0 saturated heterocycles. The monoisotopic (exact) mass is 157 g/mol. The summed E-state index contributed by atoms with van der Waals surface area (Å²) in [5, 5.41) is 0. The van der Waals surface area contributed by atoms with Crippen LogP contribution in [0.5, 0.6) is 5.75 Å². The second-order valence-electron chi connectivity index (χ2n) is 2.11. The van der Waals surface area contributed by atoms with Gasteiger partial charge in [-0.3, -0.25) is 4.98 Å². The van der Waals surface area contributed by atoms with Gasteiger partial charge in [-0.2, -0.15) is 0 Å². The molecule has 0 fully saturated rings. The van der Waals surface area contributed by atoms with Gasteiger partial charge in [-0.05, 0) is 26.0 Å². The van der Waals surface area contributed by atoms with Crippen LogP contribution in [-0.4, -0.2) is 4.98 Å². The second-order valence-corrected chi connectivity index (χ2v) is 2.27. The molecule has 0 spiro atoms. The molecule has 0 amide bonds. The first-order valence-electron chi connectivity index (χ1n) is 2.97. The topological polar surface area (TPSA) is 22.1 Å². The number of hydrogen-bond acceptors (Lipinski definition) is 2. The number of nitrogens with zero attached hydrogens (tertiary/aromatic N) is 1. The van der Waals surface area contributed by atoms with E-state index in [1.54, 1.807) is 6.07 Å². The Hall–Kier alpha value is -0.760. The molecule has 0 bridgehead atoms. The Morgan fingerprint density at radius 3 is 2.60 bits per heavy atom. The van der Waals surface area contributed by atoms with Crippen molar-refractivity contribution < 1.29 is 4.29 Å². The van der Waals surface area contributed by atoms with Crippen LogP contribution in [0.3, 0.4) is 0 Å². The largest absolute Gasteiger partial charge is 0.384 e. The molecular weight excluding hydrogens is 150 g/mol. The highest BCUT2D eigenvalue weighted by Crippen LogP contribution is 2.16. The van der Waals surface area contributed by atoms with Gasteiger partial charge in [0.05, 0.1) is 5.69 Å². The first-order valence-corrected chi connectivity index (χ1v) is 3.27. The molecule has 10 heavy (non-hydrogen) atoms. The minimum absolute atomic E-state index is 0.618. The van der Waals surface area contributed by atoms with Gasteiger partial charge < -0.3 is 4.29 Å². The van der Waals surface area contributed by atoms with Crippen molar-refractivity contribution in [3.05, 3.63) is 23.5 Å². The van der Waals surface area contributed by atoms with E-state index in [-0.39, 0.29) is 0 Å². The second kappa shape index (κ2) is 2.88. The van der Waals surface area contributed by atoms with E-state index < -0.39 is 0 Å². The minimum atomic E-state index is 0.618. The SMILES string of the molecule is Cc1ccc(OCl)c(C)n1. The molecule has 0 radical (unpaired) electrons. The molecule has 54 valence electrons. The maximum Gasteiger partial charge on any atom is 0.167 e. The molecule has 0 saturated carbocycles. The maximum atomic E-state index is 5.14. The predicted octanol–water partition coefficient (Wildman–Crippen LogP) is 2.23. The predicted molar refractivity (Wildman–Crippen MR) is 40.2 cm³/mol. The van der Waals surface area contributed by atoms with Crippen molar-refractivity contribution in [3.63, 3.8) is 0 Å². The number of pyridine rings is 1. The van der Waals surface area contributed by atoms with Crippen molar-refractivity contribution in [2.24, 2.45) is 0 Å². The molecule has 2 nitrogen and oxygen atoms in total. The summed E-state index contributed by atoms with van der Waals surface area (Å²) in [7, 11) is 0. The fourth-order valence-corrected chi connectivity index (χ4v) is 0.918. The highest BCUT2D eigenvalue weighted by molar-refractivity contribution is 6.09. The van der Waals surface area contributed by atoms with Crippen LogP contribution in [0.1, 0.15) is 11.4 Å². The fourth-order valence-electron chi connectivity index (χ4n) is 0.755. The van der Waals surface area contributed by atoms with Gasteiger partial charge in [0.15, 0.2) is 5.75 Å². The lowest BCUT2D eigenvalue weighted by atomic mass is 10.3. The highest BCUT2D eigenvalue weighted by atomic mass is 35.5. The van der Waals surface area contributed by atoms with Gasteiger partial charge >= 0.3 is 0 Å². The molecule has 1 rings (SSSR count). The van der Waals surface area contributed by atoms with E-state index in [0.717, 1.165) is 11.4 Å². The van der Waals surface area contributed by atoms with Crippen LogP contribution in [0.25, 0.3) is 0 Å². The van der Waals surface area contributed by atoms with E-state index in [1.807, 2.05) is 19.9 Å². The standard InChI is InChI=1S/C7H8ClNO/c1-5-3-4-7(10-8)6(2)9-5/h3-4H,1-2H3. The van der Waals surface area contributed by atoms with Crippen LogP contribution in [0.15, 0.2) is 12.1 Å². The van der Waals surface area contributed by atoms with Gasteiger partial charge in [-0.15, -0.1) is 0 Å². The lowest BCUT2D eigenvalue weighted by Gasteiger charge is -1.99. The van der Waals surface area contributed by atoms with E-state index in [0.29, 0.717) is 5.75 Å². The third-order valence-electron chi connectivity index (χ3n) is 1.26. The van der Waals surface area contributed by atoms with Crippen molar-refractivity contribution >= 4 is 11.9 Å². The van der Waals surface area contributed by atoms with E-state index in [1.165, 1.54) is 0 Å². The van der Waals surface area contributed by atoms with Crippen molar-refractivity contribution in [2.75, 3.05) is 0 Å². The highest BCUT2D eigenvalue weighted by Gasteiger charge is 1.98. The summed E-state index contributed by atoms with van der Waals surface area (Å²) in [4.78, 5) is 4.13. The lowest BCUT2D eigenvalue weighted by Crippen LogP contribution is -1.87. The average molecular weight is 158 g/mol. The third kappa shape index (κ3) is 1.39. The summed E-state index contributed by atoms with van der Waals surface area (Å²) in [6, 6.07) is 3.65. The van der Waals surface area contributed by atoms with Crippen molar-refractivity contribution in [3.8, 4) is 5.75 Å². The van der Waals surface area contributed by atoms with Gasteiger partial charge in [0.25, 0.3) is 0 Å². The molecule has 0 atom stereocenters. The summed E-state index contributed by atoms with van der Waals surface area (Å²) in [6.07, 6.45) is 0. The average Bonchev–Trinajstić information content (AvgIpc) is 1.88. The van der Waals surface area contributed by atoms with E-state index in [4.69, 9.17) is 11.9 Å². The minimum Gasteiger partial charge on any atom is -0.384 e. The number of hydrogen-bond donors (Lipinski definition) is 0. The van der Waals surface area contributed by atoms with Gasteiger partial charge in [0.2, 0.25) is 0 Å². The smallest absolute Gasteiger partial charge is 0.167 e. The summed E-state index contributed by atoms with van der Waals surface area (Å²) in [5.41, 5.74) is 1.78. The number of aryl methyl sites for hydroxylation is 2. The van der Waals surface area contributed by atoms with Crippen LogP contribution >= 0.6 is 11.9 Å². The molecule has 0 aliphatic rings. The molecule has 1 heterocycles. The van der Waals surface area contributed by atoms with Crippen molar-refractivity contribution in [1.82, 2.24) is 4.98 Å². The first kappa shape index (κ1) is 7.35. The molecule has 3 heteroatoms. The summed E-state index contributed by atoms with van der Waals surface area (Å²) in [5.74, 6) is 0.618. The molecule has 0 aromatic carbocycles. The number of aromatic nitrogens is 1. The van der Waals surface area contributed by atoms with E-state index >= 15 is 0 Å². The van der Waals surface area contributed by atoms with Gasteiger partial charge in [-0.1, -0.05) is 0 Å². The van der Waals surface area contributed by atoms with Gasteiger partial charge in [0.1, 0.15) is 11.9 Å². The zero-order chi connectivity index (χ0) is 7.56. The molecule has 0 unspecified atom stereocenters. The van der Waals surface area contributed by atoms with Gasteiger partial charge in [-0.25, -0.2) is 0 Å². The van der Waals surface area contributed by atoms with E-state index in [2.05, 4.69) is 9.27 Å². The molecular formula is C7H8ClNO. The van der Waals surface area contributed by atoms with Crippen LogP contribution < -0.4 is 4.29 Å². The zero-order valence-corrected chi connectivity index (χ0v) is 6.64. The van der Waals surface area contributed by atoms with Crippen LogP contribution in [0, 0.1) is 13.8 Å². The fraction of sp³-hybridized carbons (Fsp3) is 0.286. The summed E-state index contributed by atoms with van der Waals surface area (Å²) in [6.45, 7) is 3.77. The summed E-state index contributed by atoms with van der Waals surface area (Å²) >= 11 is 5.14. The summed E-state index contributed by atoms with van der Waals surface area (Å²) < 4.78 is 4.51. The number of halogens is 1. The first-order chi connectivity index (χ1) is 4.74. The normalized spacial score (nSPS) is 9.50. The lowest BCUT2D eigenvalue weighted by molar-refractivity contribution is 0.607. The molecule has 0 aliphatic heterocycles. The van der Waals surface area contributed by atoms with Crippen molar-refractivity contribution in [2.45, 2.75) is 13.8 Å². The molecule has 1 aromatic rings. The Morgan fingerprint density at radius 1 is 1.40 bits per heavy atom. The van der Waals surface area contributed by atoms with Crippen LogP contribution in [0.2, 0.25) is 0 Å². The van der Waals surface area contributed by atoms with Crippen LogP contribution in [0.4, 0.5) is 0 Å². The number of rotatable bonds is 1.